The molecule has 0 spiro atoms. The van der Waals surface area contributed by atoms with Gasteiger partial charge in [0, 0.05) is 12.1 Å². The lowest BCUT2D eigenvalue weighted by molar-refractivity contribution is 0.302. The summed E-state index contributed by atoms with van der Waals surface area (Å²) in [6, 6.07) is 11.1. The smallest absolute Gasteiger partial charge is 0.164 e. The third-order valence-corrected chi connectivity index (χ3v) is 3.07. The first-order valence-corrected chi connectivity index (χ1v) is 6.45. The first-order chi connectivity index (χ1) is 10.2. The largest absolute Gasteiger partial charge is 0.497 e. The van der Waals surface area contributed by atoms with Crippen LogP contribution in [0.3, 0.4) is 0 Å². The lowest BCUT2D eigenvalue weighted by Crippen LogP contribution is -2.00. The van der Waals surface area contributed by atoms with Gasteiger partial charge in [-0.05, 0) is 17.7 Å². The number of ether oxygens (including phenoxy) is 4. The van der Waals surface area contributed by atoms with E-state index in [2.05, 4.69) is 0 Å². The number of nitrogen functional groups attached to an aromatic ring is 1. The monoisotopic (exact) mass is 289 g/mol. The Morgan fingerprint density at radius 2 is 1.43 bits per heavy atom. The maximum Gasteiger partial charge on any atom is 0.164 e. The van der Waals surface area contributed by atoms with Crippen LogP contribution in [0, 0.1) is 0 Å². The van der Waals surface area contributed by atoms with E-state index >= 15 is 0 Å². The number of benzene rings is 2. The van der Waals surface area contributed by atoms with Crippen LogP contribution in [0.4, 0.5) is 5.69 Å². The predicted octanol–water partition coefficient (Wildman–Crippen LogP) is 2.87. The summed E-state index contributed by atoms with van der Waals surface area (Å²) in [6.45, 7) is 0.406. The topological polar surface area (TPSA) is 62.9 Å². The maximum atomic E-state index is 5.95. The van der Waals surface area contributed by atoms with Crippen LogP contribution in [0.5, 0.6) is 23.0 Å². The SMILES string of the molecule is COc1ccc(COc2cc(OC)c(OC)cc2N)cc1. The van der Waals surface area contributed by atoms with E-state index in [1.165, 1.54) is 0 Å². The fourth-order valence-electron chi connectivity index (χ4n) is 1.88. The molecule has 21 heavy (non-hydrogen) atoms. The third kappa shape index (κ3) is 3.51. The Balaban J connectivity index is 2.11. The van der Waals surface area contributed by atoms with Gasteiger partial charge in [-0.3, -0.25) is 0 Å². The summed E-state index contributed by atoms with van der Waals surface area (Å²) < 4.78 is 21.3. The molecule has 2 aromatic rings. The first kappa shape index (κ1) is 14.8. The van der Waals surface area contributed by atoms with Crippen LogP contribution in [0.15, 0.2) is 36.4 Å². The molecule has 0 unspecified atom stereocenters. The van der Waals surface area contributed by atoms with E-state index in [0.29, 0.717) is 29.5 Å². The molecule has 2 N–H and O–H groups in total. The molecule has 0 atom stereocenters. The van der Waals surface area contributed by atoms with Crippen molar-refractivity contribution in [2.24, 2.45) is 0 Å². The van der Waals surface area contributed by atoms with Crippen LogP contribution in [-0.2, 0) is 6.61 Å². The molecule has 112 valence electrons. The molecule has 5 heteroatoms. The average molecular weight is 289 g/mol. The molecular formula is C16H19NO4. The Hall–Kier alpha value is -2.56. The van der Waals surface area contributed by atoms with Crippen LogP contribution < -0.4 is 24.7 Å². The van der Waals surface area contributed by atoms with Gasteiger partial charge in [0.1, 0.15) is 18.1 Å². The van der Waals surface area contributed by atoms with Crippen molar-refractivity contribution in [1.29, 1.82) is 0 Å². The summed E-state index contributed by atoms with van der Waals surface area (Å²) in [5.74, 6) is 2.52. The Kier molecular flexibility index (Phi) is 4.77. The van der Waals surface area contributed by atoms with E-state index in [4.69, 9.17) is 24.7 Å². The average Bonchev–Trinajstić information content (AvgIpc) is 2.53. The molecule has 0 amide bonds. The highest BCUT2D eigenvalue weighted by molar-refractivity contribution is 5.61. The second-order valence-corrected chi connectivity index (χ2v) is 4.38. The van der Waals surface area contributed by atoms with Gasteiger partial charge in [-0.25, -0.2) is 0 Å². The van der Waals surface area contributed by atoms with Crippen molar-refractivity contribution in [2.45, 2.75) is 6.61 Å². The molecular weight excluding hydrogens is 270 g/mol. The lowest BCUT2D eigenvalue weighted by atomic mass is 10.2. The highest BCUT2D eigenvalue weighted by Gasteiger charge is 2.10. The van der Waals surface area contributed by atoms with Gasteiger partial charge in [0.15, 0.2) is 11.5 Å². The van der Waals surface area contributed by atoms with Crippen molar-refractivity contribution in [1.82, 2.24) is 0 Å². The van der Waals surface area contributed by atoms with Crippen molar-refractivity contribution >= 4 is 5.69 Å². The van der Waals surface area contributed by atoms with Gasteiger partial charge in [0.25, 0.3) is 0 Å². The standard InChI is InChI=1S/C16H19NO4/c1-18-12-6-4-11(5-7-12)10-21-14-9-16(20-3)15(19-2)8-13(14)17/h4-9H,10,17H2,1-3H3. The van der Waals surface area contributed by atoms with Gasteiger partial charge < -0.3 is 24.7 Å². The molecule has 0 heterocycles. The summed E-state index contributed by atoms with van der Waals surface area (Å²) in [6.07, 6.45) is 0. The van der Waals surface area contributed by atoms with Gasteiger partial charge in [-0.15, -0.1) is 0 Å². The van der Waals surface area contributed by atoms with Crippen LogP contribution in [0.25, 0.3) is 0 Å². The number of methoxy groups -OCH3 is 3. The molecule has 0 bridgehead atoms. The molecule has 0 aliphatic heterocycles. The number of rotatable bonds is 6. The summed E-state index contributed by atoms with van der Waals surface area (Å²) in [5, 5.41) is 0. The van der Waals surface area contributed by atoms with Crippen molar-refractivity contribution in [3.8, 4) is 23.0 Å². The Labute approximate surface area is 124 Å². The Morgan fingerprint density at radius 3 is 2.00 bits per heavy atom. The van der Waals surface area contributed by atoms with Crippen LogP contribution in [0.2, 0.25) is 0 Å². The summed E-state index contributed by atoms with van der Waals surface area (Å²) in [5.41, 5.74) is 7.47. The third-order valence-electron chi connectivity index (χ3n) is 3.07. The molecule has 5 nitrogen and oxygen atoms in total. The summed E-state index contributed by atoms with van der Waals surface area (Å²) in [4.78, 5) is 0. The summed E-state index contributed by atoms with van der Waals surface area (Å²) in [7, 11) is 4.77. The second-order valence-electron chi connectivity index (χ2n) is 4.38. The number of nitrogens with two attached hydrogens (primary N) is 1. The predicted molar refractivity (Wildman–Crippen MR) is 81.3 cm³/mol. The Morgan fingerprint density at radius 1 is 0.810 bits per heavy atom. The maximum absolute atomic E-state index is 5.95. The number of hydrogen-bond acceptors (Lipinski definition) is 5. The number of anilines is 1. The van der Waals surface area contributed by atoms with Gasteiger partial charge in [0.05, 0.1) is 27.0 Å². The van der Waals surface area contributed by atoms with Crippen molar-refractivity contribution in [2.75, 3.05) is 27.1 Å². The van der Waals surface area contributed by atoms with E-state index in [-0.39, 0.29) is 0 Å². The lowest BCUT2D eigenvalue weighted by Gasteiger charge is -2.13. The normalized spacial score (nSPS) is 10.0. The zero-order valence-corrected chi connectivity index (χ0v) is 12.4. The van der Waals surface area contributed by atoms with Gasteiger partial charge in [-0.2, -0.15) is 0 Å². The fourth-order valence-corrected chi connectivity index (χ4v) is 1.88. The highest BCUT2D eigenvalue weighted by Crippen LogP contribution is 2.36. The Bertz CT molecular complexity index is 596. The minimum Gasteiger partial charge on any atom is -0.497 e. The van der Waals surface area contributed by atoms with E-state index in [0.717, 1.165) is 11.3 Å². The van der Waals surface area contributed by atoms with E-state index in [9.17, 15) is 0 Å². The molecule has 0 aliphatic carbocycles. The fraction of sp³-hybridized carbons (Fsp3) is 0.250. The van der Waals surface area contributed by atoms with Crippen LogP contribution in [-0.4, -0.2) is 21.3 Å². The molecule has 0 aromatic heterocycles. The second kappa shape index (κ2) is 6.74. The van der Waals surface area contributed by atoms with Crippen molar-refractivity contribution in [3.05, 3.63) is 42.0 Å². The molecule has 2 aromatic carbocycles. The van der Waals surface area contributed by atoms with Crippen LogP contribution in [0.1, 0.15) is 5.56 Å². The van der Waals surface area contributed by atoms with E-state index in [1.807, 2.05) is 24.3 Å². The van der Waals surface area contributed by atoms with Gasteiger partial charge in [0.2, 0.25) is 0 Å². The van der Waals surface area contributed by atoms with Gasteiger partial charge in [-0.1, -0.05) is 12.1 Å². The van der Waals surface area contributed by atoms with E-state index in [1.54, 1.807) is 33.5 Å². The minimum absolute atomic E-state index is 0.406. The van der Waals surface area contributed by atoms with Crippen LogP contribution >= 0.6 is 0 Å². The van der Waals surface area contributed by atoms with Crippen molar-refractivity contribution < 1.29 is 18.9 Å². The molecule has 0 aliphatic rings. The van der Waals surface area contributed by atoms with Gasteiger partial charge >= 0.3 is 0 Å². The number of hydrogen-bond donors (Lipinski definition) is 1. The first-order valence-electron chi connectivity index (χ1n) is 6.45. The van der Waals surface area contributed by atoms with E-state index < -0.39 is 0 Å². The summed E-state index contributed by atoms with van der Waals surface area (Å²) >= 11 is 0. The zero-order chi connectivity index (χ0) is 15.2. The molecule has 0 fully saturated rings. The molecule has 2 rings (SSSR count). The highest BCUT2D eigenvalue weighted by atomic mass is 16.5. The quantitative estimate of drug-likeness (QED) is 0.828. The molecule has 0 saturated carbocycles. The molecule has 0 saturated heterocycles. The molecule has 0 radical (unpaired) electrons. The minimum atomic E-state index is 0.406. The zero-order valence-electron chi connectivity index (χ0n) is 12.4. The van der Waals surface area contributed by atoms with Crippen molar-refractivity contribution in [3.63, 3.8) is 0 Å².